The smallest absolute Gasteiger partial charge is 0.305 e. The highest BCUT2D eigenvalue weighted by Gasteiger charge is 2.12. The maximum Gasteiger partial charge on any atom is 0.305 e. The van der Waals surface area contributed by atoms with Gasteiger partial charge in [-0.3, -0.25) is 4.79 Å². The number of fused-ring (bicyclic) bond motifs is 1. The second-order valence-electron chi connectivity index (χ2n) is 3.57. The zero-order chi connectivity index (χ0) is 12.4. The molecule has 0 saturated heterocycles. The number of thiophene rings is 1. The molecule has 1 aromatic carbocycles. The van der Waals surface area contributed by atoms with Gasteiger partial charge in [0.25, 0.3) is 0 Å². The molecule has 0 amide bonds. The standard InChI is InChI=1S/C12H10BrFO2S/c1-16-10(15)5-2-7-6-17-12-8(13)3-4-9(14)11(7)12/h3-4,6H,2,5H2,1H3. The lowest BCUT2D eigenvalue weighted by Gasteiger charge is -2.01. The van der Waals surface area contributed by atoms with Gasteiger partial charge in [0.05, 0.1) is 11.8 Å². The fourth-order valence-corrected chi connectivity index (χ4v) is 3.29. The van der Waals surface area contributed by atoms with Crippen molar-refractivity contribution < 1.29 is 13.9 Å². The summed E-state index contributed by atoms with van der Waals surface area (Å²) in [5.41, 5.74) is 0.856. The minimum absolute atomic E-state index is 0.246. The molecule has 17 heavy (non-hydrogen) atoms. The molecule has 0 fully saturated rings. The minimum Gasteiger partial charge on any atom is -0.469 e. The van der Waals surface area contributed by atoms with E-state index in [-0.39, 0.29) is 18.2 Å². The average molecular weight is 317 g/mol. The van der Waals surface area contributed by atoms with Gasteiger partial charge in [-0.2, -0.15) is 0 Å². The number of halogens is 2. The SMILES string of the molecule is COC(=O)CCc1csc2c(Br)ccc(F)c12. The Bertz CT molecular complexity index is 565. The molecule has 0 aliphatic carbocycles. The number of hydrogen-bond donors (Lipinski definition) is 0. The molecule has 0 spiro atoms. The van der Waals surface area contributed by atoms with Gasteiger partial charge in [0.1, 0.15) is 5.82 Å². The minimum atomic E-state index is -0.278. The van der Waals surface area contributed by atoms with Crippen molar-refractivity contribution in [2.45, 2.75) is 12.8 Å². The van der Waals surface area contributed by atoms with E-state index in [2.05, 4.69) is 20.7 Å². The van der Waals surface area contributed by atoms with Crippen molar-refractivity contribution >= 4 is 43.3 Å². The molecule has 0 radical (unpaired) electrons. The van der Waals surface area contributed by atoms with Gasteiger partial charge in [0.15, 0.2) is 0 Å². The third kappa shape index (κ3) is 2.50. The Kier molecular flexibility index (Phi) is 3.79. The molecule has 5 heteroatoms. The summed E-state index contributed by atoms with van der Waals surface area (Å²) in [6.07, 6.45) is 0.772. The summed E-state index contributed by atoms with van der Waals surface area (Å²) in [6.45, 7) is 0. The van der Waals surface area contributed by atoms with Crippen LogP contribution in [0.4, 0.5) is 4.39 Å². The van der Waals surface area contributed by atoms with Gasteiger partial charge in [-0.1, -0.05) is 0 Å². The predicted octanol–water partition coefficient (Wildman–Crippen LogP) is 3.91. The van der Waals surface area contributed by atoms with Gasteiger partial charge < -0.3 is 4.74 Å². The summed E-state index contributed by atoms with van der Waals surface area (Å²) in [4.78, 5) is 11.1. The van der Waals surface area contributed by atoms with Crippen LogP contribution in [0.15, 0.2) is 22.0 Å². The summed E-state index contributed by atoms with van der Waals surface area (Å²) < 4.78 is 20.1. The van der Waals surface area contributed by atoms with Crippen LogP contribution in [0.1, 0.15) is 12.0 Å². The number of benzene rings is 1. The summed E-state index contributed by atoms with van der Waals surface area (Å²) in [5.74, 6) is -0.524. The van der Waals surface area contributed by atoms with Crippen molar-refractivity contribution in [2.24, 2.45) is 0 Å². The van der Waals surface area contributed by atoms with Gasteiger partial charge in [-0.15, -0.1) is 11.3 Å². The van der Waals surface area contributed by atoms with Crippen molar-refractivity contribution in [2.75, 3.05) is 7.11 Å². The highest BCUT2D eigenvalue weighted by Crippen LogP contribution is 2.34. The molecule has 0 aliphatic heterocycles. The average Bonchev–Trinajstić information content (AvgIpc) is 2.76. The highest BCUT2D eigenvalue weighted by molar-refractivity contribution is 9.10. The van der Waals surface area contributed by atoms with Crippen LogP contribution < -0.4 is 0 Å². The summed E-state index contributed by atoms with van der Waals surface area (Å²) in [6, 6.07) is 3.12. The van der Waals surface area contributed by atoms with E-state index in [0.29, 0.717) is 11.8 Å². The number of ether oxygens (including phenoxy) is 1. The second kappa shape index (κ2) is 5.14. The number of esters is 1. The predicted molar refractivity (Wildman–Crippen MR) is 69.8 cm³/mol. The van der Waals surface area contributed by atoms with E-state index in [9.17, 15) is 9.18 Å². The largest absolute Gasteiger partial charge is 0.469 e. The Balaban J connectivity index is 2.35. The van der Waals surface area contributed by atoms with E-state index in [4.69, 9.17) is 0 Å². The van der Waals surface area contributed by atoms with Crippen molar-refractivity contribution in [3.05, 3.63) is 33.4 Å². The van der Waals surface area contributed by atoms with Gasteiger partial charge in [-0.25, -0.2) is 4.39 Å². The summed E-state index contributed by atoms with van der Waals surface area (Å²) >= 11 is 4.87. The van der Waals surface area contributed by atoms with Crippen molar-refractivity contribution in [1.82, 2.24) is 0 Å². The van der Waals surface area contributed by atoms with Crippen molar-refractivity contribution in [3.8, 4) is 0 Å². The van der Waals surface area contributed by atoms with E-state index < -0.39 is 0 Å². The lowest BCUT2D eigenvalue weighted by Crippen LogP contribution is -2.01. The van der Waals surface area contributed by atoms with E-state index in [1.807, 2.05) is 5.38 Å². The van der Waals surface area contributed by atoms with Crippen LogP contribution in [0.2, 0.25) is 0 Å². The number of carbonyl (C=O) groups is 1. The zero-order valence-corrected chi connectivity index (χ0v) is 11.5. The maximum absolute atomic E-state index is 13.7. The molecule has 90 valence electrons. The molecular formula is C12H10BrFO2S. The first kappa shape index (κ1) is 12.5. The van der Waals surface area contributed by atoms with Crippen molar-refractivity contribution in [3.63, 3.8) is 0 Å². The van der Waals surface area contributed by atoms with E-state index >= 15 is 0 Å². The van der Waals surface area contributed by atoms with Crippen LogP contribution in [0.5, 0.6) is 0 Å². The molecule has 2 aromatic rings. The maximum atomic E-state index is 13.7. The normalized spacial score (nSPS) is 10.8. The number of aryl methyl sites for hydroxylation is 1. The Morgan fingerprint density at radius 1 is 1.53 bits per heavy atom. The number of rotatable bonds is 3. The van der Waals surface area contributed by atoms with E-state index in [1.165, 1.54) is 24.5 Å². The molecule has 0 bridgehead atoms. The first-order valence-corrected chi connectivity index (χ1v) is 6.71. The van der Waals surface area contributed by atoms with Gasteiger partial charge in [0.2, 0.25) is 0 Å². The van der Waals surface area contributed by atoms with Crippen LogP contribution in [0.3, 0.4) is 0 Å². The van der Waals surface area contributed by atoms with Crippen LogP contribution in [-0.2, 0) is 16.0 Å². The van der Waals surface area contributed by atoms with Crippen LogP contribution in [0.25, 0.3) is 10.1 Å². The third-order valence-corrected chi connectivity index (χ3v) is 4.51. The molecule has 1 aromatic heterocycles. The van der Waals surface area contributed by atoms with E-state index in [1.54, 1.807) is 6.07 Å². The highest BCUT2D eigenvalue weighted by atomic mass is 79.9. The quantitative estimate of drug-likeness (QED) is 0.802. The first-order chi connectivity index (χ1) is 8.13. The molecule has 0 saturated carbocycles. The van der Waals surface area contributed by atoms with Gasteiger partial charge >= 0.3 is 5.97 Å². The third-order valence-electron chi connectivity index (χ3n) is 2.53. The molecule has 1 heterocycles. The lowest BCUT2D eigenvalue weighted by molar-refractivity contribution is -0.140. The van der Waals surface area contributed by atoms with Crippen LogP contribution in [0, 0.1) is 5.82 Å². The molecule has 2 nitrogen and oxygen atoms in total. The lowest BCUT2D eigenvalue weighted by atomic mass is 10.1. The Hall–Kier alpha value is -0.940. The van der Waals surface area contributed by atoms with E-state index in [0.717, 1.165) is 14.7 Å². The molecule has 0 N–H and O–H groups in total. The van der Waals surface area contributed by atoms with Crippen LogP contribution in [-0.4, -0.2) is 13.1 Å². The molecule has 0 unspecified atom stereocenters. The fraction of sp³-hybridized carbons (Fsp3) is 0.250. The number of methoxy groups -OCH3 is 1. The van der Waals surface area contributed by atoms with Crippen molar-refractivity contribution in [1.29, 1.82) is 0 Å². The van der Waals surface area contributed by atoms with Gasteiger partial charge in [0, 0.05) is 16.3 Å². The summed E-state index contributed by atoms with van der Waals surface area (Å²) in [7, 11) is 1.35. The Morgan fingerprint density at radius 3 is 3.00 bits per heavy atom. The first-order valence-electron chi connectivity index (χ1n) is 5.04. The summed E-state index contributed by atoms with van der Waals surface area (Å²) in [5, 5.41) is 2.50. The van der Waals surface area contributed by atoms with Gasteiger partial charge in [-0.05, 0) is 45.4 Å². The Labute approximate surface area is 111 Å². The molecule has 0 atom stereocenters. The number of carbonyl (C=O) groups excluding carboxylic acids is 1. The molecule has 2 rings (SSSR count). The molecular weight excluding hydrogens is 307 g/mol. The fourth-order valence-electron chi connectivity index (χ4n) is 1.66. The Morgan fingerprint density at radius 2 is 2.29 bits per heavy atom. The van der Waals surface area contributed by atoms with Crippen LogP contribution >= 0.6 is 27.3 Å². The number of hydrogen-bond acceptors (Lipinski definition) is 3. The zero-order valence-electron chi connectivity index (χ0n) is 9.13. The second-order valence-corrected chi connectivity index (χ2v) is 5.30. The molecule has 0 aliphatic rings. The monoisotopic (exact) mass is 316 g/mol. The topological polar surface area (TPSA) is 26.3 Å².